The molecule has 15 heavy (non-hydrogen) atoms. The topological polar surface area (TPSA) is 39.1 Å². The van der Waals surface area contributed by atoms with E-state index in [1.165, 1.54) is 7.11 Å². The fraction of sp³-hybridized carbons (Fsp3) is 0.700. The minimum Gasteiger partial charge on any atom is -0.493 e. The van der Waals surface area contributed by atoms with Gasteiger partial charge in [-0.3, -0.25) is 4.68 Å². The Bertz CT molecular complexity index is 333. The van der Waals surface area contributed by atoms with Gasteiger partial charge in [-0.1, -0.05) is 0 Å². The highest BCUT2D eigenvalue weighted by Crippen LogP contribution is 2.32. The number of hydrogen-bond donors (Lipinski definition) is 1. The molecule has 0 spiro atoms. The molecule has 0 amide bonds. The summed E-state index contributed by atoms with van der Waals surface area (Å²) in [6, 6.07) is -0.103. The number of hydrogen-bond acceptors (Lipinski definition) is 3. The first-order valence-corrected chi connectivity index (χ1v) is 5.17. The monoisotopic (exact) mass is 213 g/mol. The van der Waals surface area contributed by atoms with E-state index in [0.717, 1.165) is 19.4 Å². The maximum Gasteiger partial charge on any atom is 0.163 e. The van der Waals surface area contributed by atoms with Crippen LogP contribution in [0.5, 0.6) is 5.75 Å². The molecule has 5 heteroatoms. The largest absolute Gasteiger partial charge is 0.493 e. The lowest BCUT2D eigenvalue weighted by molar-refractivity contribution is 0.249. The van der Waals surface area contributed by atoms with Crippen LogP contribution in [0.25, 0.3) is 0 Å². The number of nitrogens with zero attached hydrogens (tertiary/aromatic N) is 2. The van der Waals surface area contributed by atoms with E-state index >= 15 is 0 Å². The molecule has 0 radical (unpaired) electrons. The van der Waals surface area contributed by atoms with Gasteiger partial charge in [0.25, 0.3) is 0 Å². The Morgan fingerprint density at radius 1 is 1.73 bits per heavy atom. The van der Waals surface area contributed by atoms with Gasteiger partial charge in [-0.05, 0) is 19.4 Å². The van der Waals surface area contributed by atoms with Crippen LogP contribution in [-0.4, -0.2) is 29.5 Å². The standard InChI is InChI=1S/C10H16FN3O/c1-14-10(8(15-2)6-13-14)9(11)7-4-3-5-12-7/h6-7,9,12H,3-5H2,1-2H3. The highest BCUT2D eigenvalue weighted by atomic mass is 19.1. The molecular formula is C10H16FN3O. The van der Waals surface area contributed by atoms with Crippen molar-refractivity contribution < 1.29 is 9.13 Å². The molecule has 1 aromatic rings. The van der Waals surface area contributed by atoms with Crippen molar-refractivity contribution >= 4 is 0 Å². The summed E-state index contributed by atoms with van der Waals surface area (Å²) in [6.07, 6.45) is 2.41. The Morgan fingerprint density at radius 3 is 3.13 bits per heavy atom. The van der Waals surface area contributed by atoms with Crippen molar-refractivity contribution in [1.82, 2.24) is 15.1 Å². The average Bonchev–Trinajstić information content (AvgIpc) is 2.85. The van der Waals surface area contributed by atoms with Crippen molar-refractivity contribution in [3.8, 4) is 5.75 Å². The molecule has 1 fully saturated rings. The van der Waals surface area contributed by atoms with E-state index in [0.29, 0.717) is 11.4 Å². The molecule has 1 aliphatic heterocycles. The van der Waals surface area contributed by atoms with E-state index in [2.05, 4.69) is 10.4 Å². The van der Waals surface area contributed by atoms with Gasteiger partial charge < -0.3 is 10.1 Å². The number of aryl methyl sites for hydroxylation is 1. The quantitative estimate of drug-likeness (QED) is 0.819. The number of aromatic nitrogens is 2. The van der Waals surface area contributed by atoms with Gasteiger partial charge in [0.1, 0.15) is 5.69 Å². The molecule has 4 nitrogen and oxygen atoms in total. The van der Waals surface area contributed by atoms with Gasteiger partial charge in [-0.25, -0.2) is 4.39 Å². The van der Waals surface area contributed by atoms with Gasteiger partial charge >= 0.3 is 0 Å². The molecule has 1 saturated heterocycles. The minimum absolute atomic E-state index is 0.103. The smallest absolute Gasteiger partial charge is 0.163 e. The molecule has 0 aromatic carbocycles. The summed E-state index contributed by atoms with van der Waals surface area (Å²) in [7, 11) is 3.27. The molecule has 0 aliphatic carbocycles. The van der Waals surface area contributed by atoms with E-state index in [4.69, 9.17) is 4.74 Å². The lowest BCUT2D eigenvalue weighted by atomic mass is 10.1. The highest BCUT2D eigenvalue weighted by molar-refractivity contribution is 5.28. The summed E-state index contributed by atoms with van der Waals surface area (Å²) in [4.78, 5) is 0. The summed E-state index contributed by atoms with van der Waals surface area (Å²) >= 11 is 0. The number of rotatable bonds is 3. The molecule has 2 heterocycles. The van der Waals surface area contributed by atoms with Gasteiger partial charge in [0.15, 0.2) is 11.9 Å². The van der Waals surface area contributed by atoms with E-state index in [-0.39, 0.29) is 6.04 Å². The number of halogens is 1. The Balaban J connectivity index is 2.22. The fourth-order valence-corrected chi connectivity index (χ4v) is 2.05. The molecule has 2 atom stereocenters. The van der Waals surface area contributed by atoms with Crippen LogP contribution in [-0.2, 0) is 7.05 Å². The predicted molar refractivity (Wildman–Crippen MR) is 54.6 cm³/mol. The zero-order valence-electron chi connectivity index (χ0n) is 9.03. The third kappa shape index (κ3) is 1.84. The van der Waals surface area contributed by atoms with E-state index < -0.39 is 6.17 Å². The number of alkyl halides is 1. The second kappa shape index (κ2) is 4.18. The molecular weight excluding hydrogens is 197 g/mol. The first-order valence-electron chi connectivity index (χ1n) is 5.17. The van der Waals surface area contributed by atoms with Crippen LogP contribution in [0, 0.1) is 0 Å². The molecule has 1 N–H and O–H groups in total. The van der Waals surface area contributed by atoms with Crippen molar-refractivity contribution in [2.75, 3.05) is 13.7 Å². The van der Waals surface area contributed by atoms with Crippen molar-refractivity contribution in [3.63, 3.8) is 0 Å². The predicted octanol–water partition coefficient (Wildman–Crippen LogP) is 1.19. The SMILES string of the molecule is COc1cnn(C)c1C(F)C1CCCN1. The molecule has 84 valence electrons. The van der Waals surface area contributed by atoms with Crippen LogP contribution in [0.4, 0.5) is 4.39 Å². The normalized spacial score (nSPS) is 23.0. The fourth-order valence-electron chi connectivity index (χ4n) is 2.05. The maximum atomic E-state index is 14.2. The molecule has 2 unspecified atom stereocenters. The first kappa shape index (κ1) is 10.4. The van der Waals surface area contributed by atoms with Crippen molar-refractivity contribution in [3.05, 3.63) is 11.9 Å². The Morgan fingerprint density at radius 2 is 2.53 bits per heavy atom. The van der Waals surface area contributed by atoms with Gasteiger partial charge in [0, 0.05) is 13.1 Å². The third-order valence-corrected chi connectivity index (χ3v) is 2.88. The summed E-state index contributed by atoms with van der Waals surface area (Å²) < 4.78 is 20.8. The summed E-state index contributed by atoms with van der Waals surface area (Å²) in [6.45, 7) is 0.894. The molecule has 1 aromatic heterocycles. The molecule has 0 bridgehead atoms. The van der Waals surface area contributed by atoms with Crippen LogP contribution < -0.4 is 10.1 Å². The van der Waals surface area contributed by atoms with Crippen LogP contribution in [0.15, 0.2) is 6.20 Å². The van der Waals surface area contributed by atoms with E-state index in [1.807, 2.05) is 0 Å². The molecule has 0 saturated carbocycles. The number of ether oxygens (including phenoxy) is 1. The summed E-state index contributed by atoms with van der Waals surface area (Å²) in [5.74, 6) is 0.527. The van der Waals surface area contributed by atoms with Crippen molar-refractivity contribution in [2.45, 2.75) is 25.1 Å². The Labute approximate surface area is 88.4 Å². The first-order chi connectivity index (χ1) is 7.24. The van der Waals surface area contributed by atoms with Crippen LogP contribution in [0.1, 0.15) is 24.7 Å². The Kier molecular flexibility index (Phi) is 2.90. The van der Waals surface area contributed by atoms with Crippen LogP contribution in [0.2, 0.25) is 0 Å². The van der Waals surface area contributed by atoms with Gasteiger partial charge in [0.05, 0.1) is 13.3 Å². The lowest BCUT2D eigenvalue weighted by Gasteiger charge is -2.17. The van der Waals surface area contributed by atoms with Crippen LogP contribution >= 0.6 is 0 Å². The second-order valence-corrected chi connectivity index (χ2v) is 3.83. The number of methoxy groups -OCH3 is 1. The van der Waals surface area contributed by atoms with Crippen molar-refractivity contribution in [2.24, 2.45) is 7.05 Å². The lowest BCUT2D eigenvalue weighted by Crippen LogP contribution is -2.28. The zero-order chi connectivity index (χ0) is 10.8. The zero-order valence-corrected chi connectivity index (χ0v) is 9.03. The van der Waals surface area contributed by atoms with Gasteiger partial charge in [-0.15, -0.1) is 0 Å². The summed E-state index contributed by atoms with van der Waals surface area (Å²) in [5, 5.41) is 7.16. The highest BCUT2D eigenvalue weighted by Gasteiger charge is 2.30. The average molecular weight is 213 g/mol. The number of nitrogens with one attached hydrogen (secondary N) is 1. The second-order valence-electron chi connectivity index (χ2n) is 3.83. The van der Waals surface area contributed by atoms with Gasteiger partial charge in [0.2, 0.25) is 0 Å². The maximum absolute atomic E-state index is 14.2. The summed E-state index contributed by atoms with van der Waals surface area (Å²) in [5.41, 5.74) is 0.525. The van der Waals surface area contributed by atoms with E-state index in [9.17, 15) is 4.39 Å². The van der Waals surface area contributed by atoms with Crippen molar-refractivity contribution in [1.29, 1.82) is 0 Å². The minimum atomic E-state index is -1.05. The molecule has 2 rings (SSSR count). The van der Waals surface area contributed by atoms with Crippen LogP contribution in [0.3, 0.4) is 0 Å². The van der Waals surface area contributed by atoms with Gasteiger partial charge in [-0.2, -0.15) is 5.10 Å². The van der Waals surface area contributed by atoms with E-state index in [1.54, 1.807) is 17.9 Å². The third-order valence-electron chi connectivity index (χ3n) is 2.88. The molecule has 1 aliphatic rings. The Hall–Kier alpha value is -1.10.